The third-order valence-electron chi connectivity index (χ3n) is 4.39. The van der Waals surface area contributed by atoms with Crippen molar-refractivity contribution >= 4 is 15.7 Å². The van der Waals surface area contributed by atoms with E-state index in [0.717, 1.165) is 11.1 Å². The molecule has 0 radical (unpaired) electrons. The first-order chi connectivity index (χ1) is 13.9. The minimum atomic E-state index is -3.68. The molecule has 0 amide bonds. The molecule has 0 bridgehead atoms. The smallest absolute Gasteiger partial charge is 0.264 e. The maximum atomic E-state index is 13.3. The zero-order chi connectivity index (χ0) is 20.9. The lowest BCUT2D eigenvalue weighted by atomic mass is 10.2. The van der Waals surface area contributed by atoms with E-state index in [9.17, 15) is 8.42 Å². The average molecular weight is 411 g/mol. The van der Waals surface area contributed by atoms with Gasteiger partial charge in [0, 0.05) is 18.9 Å². The van der Waals surface area contributed by atoms with Gasteiger partial charge in [-0.2, -0.15) is 0 Å². The number of aromatic nitrogens is 1. The van der Waals surface area contributed by atoms with E-state index in [0.29, 0.717) is 24.6 Å². The molecule has 3 rings (SSSR count). The molecule has 29 heavy (non-hydrogen) atoms. The van der Waals surface area contributed by atoms with Crippen LogP contribution in [0.3, 0.4) is 0 Å². The van der Waals surface area contributed by atoms with E-state index in [4.69, 9.17) is 4.74 Å². The molecule has 0 aliphatic carbocycles. The molecule has 3 aromatic rings. The molecule has 0 saturated heterocycles. The normalized spacial score (nSPS) is 11.4. The predicted octanol–water partition coefficient (Wildman–Crippen LogP) is 4.82. The molecule has 0 atom stereocenters. The molecular weight excluding hydrogens is 384 g/mol. The number of nitrogens with zero attached hydrogens (tertiary/aromatic N) is 2. The van der Waals surface area contributed by atoms with Crippen molar-refractivity contribution in [2.24, 2.45) is 5.92 Å². The zero-order valence-corrected chi connectivity index (χ0v) is 17.8. The Labute approximate surface area is 173 Å². The summed E-state index contributed by atoms with van der Waals surface area (Å²) in [7, 11) is -3.68. The van der Waals surface area contributed by atoms with Gasteiger partial charge in [0.05, 0.1) is 10.6 Å². The first-order valence-corrected chi connectivity index (χ1v) is 11.0. The second-order valence-electron chi connectivity index (χ2n) is 7.38. The van der Waals surface area contributed by atoms with Crippen LogP contribution in [0.1, 0.15) is 25.0 Å². The highest BCUT2D eigenvalue weighted by Crippen LogP contribution is 2.27. The Hall–Kier alpha value is -2.86. The number of pyridine rings is 1. The second kappa shape index (κ2) is 9.09. The fourth-order valence-electron chi connectivity index (χ4n) is 2.94. The Morgan fingerprint density at radius 1 is 1.00 bits per heavy atom. The molecule has 0 spiro atoms. The summed E-state index contributed by atoms with van der Waals surface area (Å²) in [4.78, 5) is 4.23. The Bertz CT molecular complexity index is 1030. The highest BCUT2D eigenvalue weighted by molar-refractivity contribution is 7.92. The maximum absolute atomic E-state index is 13.3. The van der Waals surface area contributed by atoms with Crippen molar-refractivity contribution < 1.29 is 13.2 Å². The number of ether oxygens (including phenoxy) is 1. The van der Waals surface area contributed by atoms with Crippen molar-refractivity contribution in [1.82, 2.24) is 4.98 Å². The summed E-state index contributed by atoms with van der Waals surface area (Å²) in [5.74, 6) is 0.806. The topological polar surface area (TPSA) is 59.5 Å². The number of hydrogen-bond donors (Lipinski definition) is 0. The summed E-state index contributed by atoms with van der Waals surface area (Å²) in [6, 6.07) is 17.9. The Kier molecular flexibility index (Phi) is 6.54. The first-order valence-electron chi connectivity index (χ1n) is 9.57. The molecular formula is C23H26N2O3S. The van der Waals surface area contributed by atoms with Gasteiger partial charge in [0.2, 0.25) is 0 Å². The summed E-state index contributed by atoms with van der Waals surface area (Å²) in [5, 5.41) is 0. The molecule has 0 N–H and O–H groups in total. The van der Waals surface area contributed by atoms with Gasteiger partial charge in [-0.05, 0) is 72.5 Å². The van der Waals surface area contributed by atoms with Gasteiger partial charge in [-0.15, -0.1) is 0 Å². The first kappa shape index (κ1) is 20.9. The van der Waals surface area contributed by atoms with Gasteiger partial charge in [0.1, 0.15) is 12.4 Å². The summed E-state index contributed by atoms with van der Waals surface area (Å²) in [6.45, 7) is 6.78. The molecule has 1 aromatic heterocycles. The predicted molar refractivity (Wildman–Crippen MR) is 116 cm³/mol. The van der Waals surface area contributed by atoms with Gasteiger partial charge in [0.25, 0.3) is 10.0 Å². The third-order valence-corrected chi connectivity index (χ3v) is 6.20. The number of benzene rings is 2. The van der Waals surface area contributed by atoms with E-state index in [2.05, 4.69) is 4.98 Å². The fourth-order valence-corrected chi connectivity index (χ4v) is 4.56. The number of aryl methyl sites for hydroxylation is 1. The zero-order valence-electron chi connectivity index (χ0n) is 16.9. The van der Waals surface area contributed by atoms with Crippen molar-refractivity contribution in [1.29, 1.82) is 0 Å². The van der Waals surface area contributed by atoms with Crippen LogP contribution in [0.2, 0.25) is 0 Å². The Balaban J connectivity index is 1.82. The van der Waals surface area contributed by atoms with Crippen LogP contribution in [-0.2, 0) is 16.6 Å². The monoisotopic (exact) mass is 410 g/mol. The summed E-state index contributed by atoms with van der Waals surface area (Å²) in [5.41, 5.74) is 2.70. The van der Waals surface area contributed by atoms with E-state index in [1.807, 2.05) is 57.2 Å². The lowest BCUT2D eigenvalue weighted by Gasteiger charge is -2.26. The molecule has 1 heterocycles. The van der Waals surface area contributed by atoms with Gasteiger partial charge in [0.15, 0.2) is 0 Å². The molecule has 0 aliphatic rings. The van der Waals surface area contributed by atoms with Gasteiger partial charge in [-0.1, -0.05) is 26.0 Å². The van der Waals surface area contributed by atoms with E-state index < -0.39 is 10.0 Å². The third kappa shape index (κ3) is 5.35. The number of sulfonamides is 1. The molecule has 5 nitrogen and oxygen atoms in total. The largest absolute Gasteiger partial charge is 0.489 e. The van der Waals surface area contributed by atoms with Crippen molar-refractivity contribution in [2.75, 3.05) is 10.8 Å². The number of hydrogen-bond acceptors (Lipinski definition) is 4. The lowest BCUT2D eigenvalue weighted by Crippen LogP contribution is -2.34. The van der Waals surface area contributed by atoms with Crippen molar-refractivity contribution in [3.8, 4) is 5.75 Å². The molecule has 0 saturated carbocycles. The maximum Gasteiger partial charge on any atom is 0.264 e. The van der Waals surface area contributed by atoms with E-state index in [-0.39, 0.29) is 10.8 Å². The summed E-state index contributed by atoms with van der Waals surface area (Å²) in [6.07, 6.45) is 3.42. The van der Waals surface area contributed by atoms with Crippen LogP contribution in [0.4, 0.5) is 5.69 Å². The minimum Gasteiger partial charge on any atom is -0.489 e. The molecule has 2 aromatic carbocycles. The molecule has 0 aliphatic heterocycles. The average Bonchev–Trinajstić information content (AvgIpc) is 2.71. The lowest BCUT2D eigenvalue weighted by molar-refractivity contribution is 0.306. The Morgan fingerprint density at radius 2 is 1.69 bits per heavy atom. The Morgan fingerprint density at radius 3 is 2.31 bits per heavy atom. The minimum absolute atomic E-state index is 0.188. The van der Waals surface area contributed by atoms with Crippen LogP contribution in [0, 0.1) is 12.8 Å². The van der Waals surface area contributed by atoms with Crippen LogP contribution < -0.4 is 9.04 Å². The fraction of sp³-hybridized carbons (Fsp3) is 0.261. The van der Waals surface area contributed by atoms with Crippen LogP contribution in [0.5, 0.6) is 5.75 Å². The highest BCUT2D eigenvalue weighted by atomic mass is 32.2. The van der Waals surface area contributed by atoms with Crippen molar-refractivity contribution in [2.45, 2.75) is 32.3 Å². The van der Waals surface area contributed by atoms with Gasteiger partial charge in [-0.3, -0.25) is 9.29 Å². The second-order valence-corrected chi connectivity index (χ2v) is 9.25. The summed E-state index contributed by atoms with van der Waals surface area (Å²) >= 11 is 0. The van der Waals surface area contributed by atoms with E-state index in [1.54, 1.807) is 36.7 Å². The van der Waals surface area contributed by atoms with Crippen molar-refractivity contribution in [3.63, 3.8) is 0 Å². The molecule has 6 heteroatoms. The standard InChI is InChI=1S/C23H26N2O3S/c1-18(2)16-25(21-6-4-5-19(3)15-21)29(26,27)23-9-7-22(8-10-23)28-17-20-11-13-24-14-12-20/h4-15,18H,16-17H2,1-3H3. The van der Waals surface area contributed by atoms with Crippen LogP contribution in [0.15, 0.2) is 78.0 Å². The quantitative estimate of drug-likeness (QED) is 0.534. The molecule has 0 unspecified atom stereocenters. The number of rotatable bonds is 8. The van der Waals surface area contributed by atoms with Crippen LogP contribution in [0.25, 0.3) is 0 Å². The van der Waals surface area contributed by atoms with Gasteiger partial charge in [-0.25, -0.2) is 8.42 Å². The summed E-state index contributed by atoms with van der Waals surface area (Å²) < 4.78 is 33.9. The van der Waals surface area contributed by atoms with Crippen LogP contribution in [-0.4, -0.2) is 19.9 Å². The molecule has 152 valence electrons. The SMILES string of the molecule is Cc1cccc(N(CC(C)C)S(=O)(=O)c2ccc(OCc3ccncc3)cc2)c1. The van der Waals surface area contributed by atoms with E-state index in [1.165, 1.54) is 4.31 Å². The van der Waals surface area contributed by atoms with Crippen LogP contribution >= 0.6 is 0 Å². The number of anilines is 1. The van der Waals surface area contributed by atoms with Gasteiger partial charge < -0.3 is 4.74 Å². The van der Waals surface area contributed by atoms with Crippen molar-refractivity contribution in [3.05, 3.63) is 84.2 Å². The van der Waals surface area contributed by atoms with E-state index >= 15 is 0 Å². The molecule has 0 fully saturated rings. The highest BCUT2D eigenvalue weighted by Gasteiger charge is 2.25. The van der Waals surface area contributed by atoms with Gasteiger partial charge >= 0.3 is 0 Å².